The Morgan fingerprint density at radius 2 is 1.91 bits per heavy atom. The van der Waals surface area contributed by atoms with Crippen LogP contribution in [-0.2, 0) is 18.3 Å². The lowest BCUT2D eigenvalue weighted by atomic mass is 10.1. The summed E-state index contributed by atoms with van der Waals surface area (Å²) in [6.07, 6.45) is 0.331. The number of hydrogen-bond acceptors (Lipinski definition) is 4. The highest BCUT2D eigenvalue weighted by atomic mass is 19.1. The number of benzene rings is 2. The SMILES string of the molecule is COc1ccc(-c2cc3n(C)c(C)c(CCC(=O)Nc4cccc(F)c4)c(=O)n3n2)cc1. The minimum Gasteiger partial charge on any atom is -0.497 e. The highest BCUT2D eigenvalue weighted by Crippen LogP contribution is 2.23. The van der Waals surface area contributed by atoms with Crippen LogP contribution in [0.15, 0.2) is 59.4 Å². The largest absolute Gasteiger partial charge is 0.497 e. The van der Waals surface area contributed by atoms with Gasteiger partial charge >= 0.3 is 0 Å². The van der Waals surface area contributed by atoms with Gasteiger partial charge in [-0.2, -0.15) is 9.61 Å². The Morgan fingerprint density at radius 3 is 2.59 bits per heavy atom. The molecule has 0 aliphatic carbocycles. The first kappa shape index (κ1) is 21.3. The zero-order valence-electron chi connectivity index (χ0n) is 18.1. The molecule has 4 rings (SSSR count). The predicted molar refractivity (Wildman–Crippen MR) is 121 cm³/mol. The van der Waals surface area contributed by atoms with Crippen molar-refractivity contribution in [3.8, 4) is 17.0 Å². The lowest BCUT2D eigenvalue weighted by molar-refractivity contribution is -0.116. The number of carbonyl (C=O) groups excluding carboxylic acids is 1. The standard InChI is InChI=1S/C24H23FN4O3/c1-15-20(11-12-22(30)26-18-6-4-5-17(25)13-18)24(31)29-23(28(15)2)14-21(27-29)16-7-9-19(32-3)10-8-16/h4-10,13-14H,11-12H2,1-3H3,(H,26,30). The van der Waals surface area contributed by atoms with Crippen LogP contribution in [0.4, 0.5) is 10.1 Å². The number of anilines is 1. The summed E-state index contributed by atoms with van der Waals surface area (Å²) in [5.74, 6) is 0.0167. The van der Waals surface area contributed by atoms with Crippen LogP contribution in [0.3, 0.4) is 0 Å². The Labute approximate surface area is 184 Å². The number of methoxy groups -OCH3 is 1. The van der Waals surface area contributed by atoms with Gasteiger partial charge in [0.2, 0.25) is 5.91 Å². The van der Waals surface area contributed by atoms with E-state index in [2.05, 4.69) is 10.4 Å². The Hall–Kier alpha value is -3.94. The van der Waals surface area contributed by atoms with E-state index in [1.807, 2.05) is 48.9 Å². The second-order valence-electron chi connectivity index (χ2n) is 7.51. The molecule has 2 aromatic carbocycles. The average Bonchev–Trinajstić information content (AvgIpc) is 3.23. The van der Waals surface area contributed by atoms with Crippen molar-refractivity contribution < 1.29 is 13.9 Å². The molecule has 2 aromatic heterocycles. The molecular weight excluding hydrogens is 411 g/mol. The van der Waals surface area contributed by atoms with E-state index in [-0.39, 0.29) is 24.3 Å². The highest BCUT2D eigenvalue weighted by molar-refractivity contribution is 5.90. The first-order valence-corrected chi connectivity index (χ1v) is 10.2. The van der Waals surface area contributed by atoms with E-state index in [4.69, 9.17) is 4.74 Å². The van der Waals surface area contributed by atoms with E-state index in [9.17, 15) is 14.0 Å². The van der Waals surface area contributed by atoms with Gasteiger partial charge in [0.25, 0.3) is 5.56 Å². The number of nitrogens with one attached hydrogen (secondary N) is 1. The van der Waals surface area contributed by atoms with E-state index in [0.29, 0.717) is 22.6 Å². The van der Waals surface area contributed by atoms with Gasteiger partial charge in [-0.3, -0.25) is 9.59 Å². The minimum atomic E-state index is -0.427. The monoisotopic (exact) mass is 434 g/mol. The summed E-state index contributed by atoms with van der Waals surface area (Å²) in [5.41, 5.74) is 3.59. The summed E-state index contributed by atoms with van der Waals surface area (Å²) in [4.78, 5) is 25.5. The number of ether oxygens (including phenoxy) is 1. The van der Waals surface area contributed by atoms with Crippen LogP contribution in [0.1, 0.15) is 17.7 Å². The maximum absolute atomic E-state index is 13.3. The van der Waals surface area contributed by atoms with Crippen LogP contribution in [0.2, 0.25) is 0 Å². The molecule has 0 atom stereocenters. The predicted octanol–water partition coefficient (Wildman–Crippen LogP) is 3.73. The quantitative estimate of drug-likeness (QED) is 0.502. The summed E-state index contributed by atoms with van der Waals surface area (Å²) in [7, 11) is 3.46. The Kier molecular flexibility index (Phi) is 5.77. The van der Waals surface area contributed by atoms with Gasteiger partial charge < -0.3 is 14.6 Å². The van der Waals surface area contributed by atoms with Crippen LogP contribution in [0.5, 0.6) is 5.75 Å². The van der Waals surface area contributed by atoms with Gasteiger partial charge in [0.15, 0.2) is 0 Å². The second kappa shape index (κ2) is 8.66. The molecule has 1 amide bonds. The number of hydrogen-bond donors (Lipinski definition) is 1. The molecule has 7 nitrogen and oxygen atoms in total. The van der Waals surface area contributed by atoms with E-state index in [1.165, 1.54) is 22.7 Å². The van der Waals surface area contributed by atoms with Crippen LogP contribution >= 0.6 is 0 Å². The molecule has 2 heterocycles. The number of aryl methyl sites for hydroxylation is 1. The zero-order valence-corrected chi connectivity index (χ0v) is 18.1. The van der Waals surface area contributed by atoms with E-state index in [0.717, 1.165) is 17.0 Å². The third-order valence-corrected chi connectivity index (χ3v) is 5.52. The van der Waals surface area contributed by atoms with Crippen molar-refractivity contribution in [1.82, 2.24) is 14.2 Å². The normalized spacial score (nSPS) is 11.0. The van der Waals surface area contributed by atoms with Gasteiger partial charge in [0, 0.05) is 42.0 Å². The number of carbonyl (C=O) groups is 1. The summed E-state index contributed by atoms with van der Waals surface area (Å²) in [5, 5.41) is 7.16. The Morgan fingerprint density at radius 1 is 1.16 bits per heavy atom. The van der Waals surface area contributed by atoms with Crippen molar-refractivity contribution in [1.29, 1.82) is 0 Å². The molecule has 0 fully saturated rings. The number of fused-ring (bicyclic) bond motifs is 1. The molecule has 0 spiro atoms. The second-order valence-corrected chi connectivity index (χ2v) is 7.51. The van der Waals surface area contributed by atoms with E-state index < -0.39 is 5.82 Å². The van der Waals surface area contributed by atoms with Gasteiger partial charge in [-0.05, 0) is 55.8 Å². The van der Waals surface area contributed by atoms with Crippen molar-refractivity contribution in [3.05, 3.63) is 82.0 Å². The molecular formula is C24H23FN4O3. The van der Waals surface area contributed by atoms with Crippen molar-refractivity contribution in [2.45, 2.75) is 19.8 Å². The summed E-state index contributed by atoms with van der Waals surface area (Å²) in [6.45, 7) is 1.85. The molecule has 0 aliphatic rings. The van der Waals surface area contributed by atoms with Crippen LogP contribution < -0.4 is 15.6 Å². The van der Waals surface area contributed by atoms with E-state index in [1.54, 1.807) is 13.2 Å². The van der Waals surface area contributed by atoms with Gasteiger partial charge in [-0.25, -0.2) is 4.39 Å². The van der Waals surface area contributed by atoms with Crippen LogP contribution in [-0.4, -0.2) is 27.2 Å². The molecule has 0 unspecified atom stereocenters. The number of halogens is 1. The third kappa shape index (κ3) is 4.12. The van der Waals surface area contributed by atoms with Crippen molar-refractivity contribution in [2.75, 3.05) is 12.4 Å². The molecule has 0 radical (unpaired) electrons. The summed E-state index contributed by atoms with van der Waals surface area (Å²) >= 11 is 0. The first-order valence-electron chi connectivity index (χ1n) is 10.2. The fourth-order valence-corrected chi connectivity index (χ4v) is 3.64. The molecule has 4 aromatic rings. The summed E-state index contributed by atoms with van der Waals surface area (Å²) in [6, 6.07) is 15.0. The van der Waals surface area contributed by atoms with Crippen LogP contribution in [0.25, 0.3) is 16.9 Å². The molecule has 32 heavy (non-hydrogen) atoms. The fourth-order valence-electron chi connectivity index (χ4n) is 3.64. The Balaban J connectivity index is 1.60. The fraction of sp³-hybridized carbons (Fsp3) is 0.208. The number of aromatic nitrogens is 3. The third-order valence-electron chi connectivity index (χ3n) is 5.52. The van der Waals surface area contributed by atoms with Gasteiger partial charge in [0.05, 0.1) is 12.8 Å². The number of rotatable bonds is 6. The smallest absolute Gasteiger partial charge is 0.277 e. The molecule has 8 heteroatoms. The molecule has 0 saturated heterocycles. The molecule has 1 N–H and O–H groups in total. The molecule has 0 aliphatic heterocycles. The maximum Gasteiger partial charge on any atom is 0.277 e. The molecule has 0 bridgehead atoms. The number of nitrogens with zero attached hydrogens (tertiary/aromatic N) is 3. The zero-order chi connectivity index (χ0) is 22.8. The molecule has 0 saturated carbocycles. The van der Waals surface area contributed by atoms with Gasteiger partial charge in [-0.1, -0.05) is 6.07 Å². The minimum absolute atomic E-state index is 0.0880. The lowest BCUT2D eigenvalue weighted by Gasteiger charge is -2.12. The lowest BCUT2D eigenvalue weighted by Crippen LogP contribution is -2.26. The van der Waals surface area contributed by atoms with Crippen molar-refractivity contribution in [2.24, 2.45) is 7.05 Å². The first-order chi connectivity index (χ1) is 15.4. The Bertz CT molecular complexity index is 1360. The average molecular weight is 434 g/mol. The van der Waals surface area contributed by atoms with Gasteiger partial charge in [-0.15, -0.1) is 0 Å². The topological polar surface area (TPSA) is 77.6 Å². The summed E-state index contributed by atoms with van der Waals surface area (Å²) < 4.78 is 21.8. The highest BCUT2D eigenvalue weighted by Gasteiger charge is 2.17. The van der Waals surface area contributed by atoms with Crippen molar-refractivity contribution in [3.63, 3.8) is 0 Å². The number of amides is 1. The van der Waals surface area contributed by atoms with Crippen molar-refractivity contribution >= 4 is 17.2 Å². The van der Waals surface area contributed by atoms with Crippen LogP contribution in [0, 0.1) is 12.7 Å². The maximum atomic E-state index is 13.3. The molecule has 164 valence electrons. The van der Waals surface area contributed by atoms with Gasteiger partial charge in [0.1, 0.15) is 17.2 Å². The van der Waals surface area contributed by atoms with E-state index >= 15 is 0 Å².